The van der Waals surface area contributed by atoms with Gasteiger partial charge in [0.15, 0.2) is 9.84 Å². The Hall–Kier alpha value is -0.910. The molecular weight excluding hydrogens is 274 g/mol. The molecule has 1 aliphatic heterocycles. The first kappa shape index (κ1) is 14.0. The van der Waals surface area contributed by atoms with Crippen molar-refractivity contribution in [1.29, 1.82) is 0 Å². The van der Waals surface area contributed by atoms with E-state index in [1.54, 1.807) is 12.1 Å². The van der Waals surface area contributed by atoms with Crippen LogP contribution in [0.15, 0.2) is 29.2 Å². The molecule has 1 aromatic rings. The number of hydrogen-bond acceptors (Lipinski definition) is 4. The molecule has 1 heterocycles. The van der Waals surface area contributed by atoms with E-state index in [4.69, 9.17) is 4.74 Å². The Labute approximate surface area is 120 Å². The Morgan fingerprint density at radius 1 is 1.20 bits per heavy atom. The van der Waals surface area contributed by atoms with Gasteiger partial charge in [0.1, 0.15) is 0 Å². The lowest BCUT2D eigenvalue weighted by Gasteiger charge is -2.38. The zero-order chi connectivity index (χ0) is 14.2. The third-order valence-corrected chi connectivity index (χ3v) is 5.59. The Morgan fingerprint density at radius 2 is 1.85 bits per heavy atom. The molecule has 1 aliphatic carbocycles. The molecule has 1 unspecified atom stereocenters. The van der Waals surface area contributed by atoms with Crippen LogP contribution < -0.4 is 5.32 Å². The van der Waals surface area contributed by atoms with E-state index in [0.29, 0.717) is 4.90 Å². The molecule has 0 radical (unpaired) electrons. The molecule has 1 N–H and O–H groups in total. The smallest absolute Gasteiger partial charge is 0.175 e. The first-order valence-electron chi connectivity index (χ1n) is 7.15. The molecule has 1 spiro atoms. The molecule has 1 aromatic carbocycles. The van der Waals surface area contributed by atoms with E-state index in [2.05, 4.69) is 5.32 Å². The summed E-state index contributed by atoms with van der Waals surface area (Å²) in [5.41, 5.74) is 1.24. The van der Waals surface area contributed by atoms with Crippen molar-refractivity contribution in [3.63, 3.8) is 0 Å². The van der Waals surface area contributed by atoms with Crippen molar-refractivity contribution < 1.29 is 13.2 Å². The van der Waals surface area contributed by atoms with E-state index < -0.39 is 9.84 Å². The number of ether oxygens (including phenoxy) is 1. The second-order valence-corrected chi connectivity index (χ2v) is 8.02. The number of rotatable bonds is 2. The predicted octanol–water partition coefficient (Wildman–Crippen LogP) is 2.06. The summed E-state index contributed by atoms with van der Waals surface area (Å²) in [7, 11) is -3.12. The number of nitrogens with one attached hydrogen (secondary N) is 1. The highest BCUT2D eigenvalue weighted by atomic mass is 32.2. The molecule has 4 nitrogen and oxygen atoms in total. The third kappa shape index (κ3) is 2.75. The predicted molar refractivity (Wildman–Crippen MR) is 77.4 cm³/mol. The quantitative estimate of drug-likeness (QED) is 0.907. The standard InChI is InChI=1S/C15H21NO3S/c1-20(17,18)13-6-4-12(5-7-13)14-10-16-15(11-19-14)8-2-3-9-15/h4-7,14,16H,2-3,8-11H2,1H3. The van der Waals surface area contributed by atoms with Crippen LogP contribution in [0.5, 0.6) is 0 Å². The third-order valence-electron chi connectivity index (χ3n) is 4.46. The van der Waals surface area contributed by atoms with Crippen molar-refractivity contribution in [2.75, 3.05) is 19.4 Å². The van der Waals surface area contributed by atoms with Gasteiger partial charge in [-0.25, -0.2) is 8.42 Å². The van der Waals surface area contributed by atoms with Gasteiger partial charge >= 0.3 is 0 Å². The van der Waals surface area contributed by atoms with Crippen molar-refractivity contribution in [3.8, 4) is 0 Å². The van der Waals surface area contributed by atoms with Gasteiger partial charge in [0.05, 0.1) is 17.6 Å². The van der Waals surface area contributed by atoms with Crippen molar-refractivity contribution in [2.24, 2.45) is 0 Å². The average molecular weight is 295 g/mol. The lowest BCUT2D eigenvalue weighted by molar-refractivity contribution is -0.0326. The van der Waals surface area contributed by atoms with Crippen LogP contribution in [0.4, 0.5) is 0 Å². The van der Waals surface area contributed by atoms with Gasteiger partial charge in [-0.05, 0) is 30.5 Å². The van der Waals surface area contributed by atoms with Gasteiger partial charge in [-0.3, -0.25) is 0 Å². The molecular formula is C15H21NO3S. The van der Waals surface area contributed by atoms with Crippen LogP contribution in [0.3, 0.4) is 0 Å². The number of sulfone groups is 1. The minimum Gasteiger partial charge on any atom is -0.370 e. The molecule has 0 bridgehead atoms. The van der Waals surface area contributed by atoms with Crippen LogP contribution in [0, 0.1) is 0 Å². The fourth-order valence-corrected chi connectivity index (χ4v) is 3.83. The van der Waals surface area contributed by atoms with Gasteiger partial charge in [0.2, 0.25) is 0 Å². The molecule has 0 amide bonds. The summed E-state index contributed by atoms with van der Waals surface area (Å²) in [4.78, 5) is 0.359. The summed E-state index contributed by atoms with van der Waals surface area (Å²) in [5, 5.41) is 3.64. The summed E-state index contributed by atoms with van der Waals surface area (Å²) in [6, 6.07) is 7.03. The van der Waals surface area contributed by atoms with Gasteiger partial charge in [-0.1, -0.05) is 25.0 Å². The molecule has 1 saturated heterocycles. The molecule has 110 valence electrons. The highest BCUT2D eigenvalue weighted by Crippen LogP contribution is 2.35. The molecule has 3 rings (SSSR count). The lowest BCUT2D eigenvalue weighted by atomic mass is 9.95. The normalized spacial score (nSPS) is 25.9. The van der Waals surface area contributed by atoms with E-state index in [-0.39, 0.29) is 11.6 Å². The number of benzene rings is 1. The summed E-state index contributed by atoms with van der Waals surface area (Å²) in [6.07, 6.45) is 6.22. The maximum absolute atomic E-state index is 11.4. The highest BCUT2D eigenvalue weighted by molar-refractivity contribution is 7.90. The fraction of sp³-hybridized carbons (Fsp3) is 0.600. The fourth-order valence-electron chi connectivity index (χ4n) is 3.20. The maximum Gasteiger partial charge on any atom is 0.175 e. The summed E-state index contributed by atoms with van der Waals surface area (Å²) in [6.45, 7) is 1.56. The van der Waals surface area contributed by atoms with Crippen LogP contribution in [0.2, 0.25) is 0 Å². The molecule has 0 aromatic heterocycles. The minimum atomic E-state index is -3.12. The topological polar surface area (TPSA) is 55.4 Å². The largest absolute Gasteiger partial charge is 0.370 e. The van der Waals surface area contributed by atoms with Gasteiger partial charge in [0.25, 0.3) is 0 Å². The van der Waals surface area contributed by atoms with Crippen LogP contribution in [0.1, 0.15) is 37.4 Å². The Morgan fingerprint density at radius 3 is 2.35 bits per heavy atom. The number of morpholine rings is 1. The van der Waals surface area contributed by atoms with Crippen molar-refractivity contribution in [1.82, 2.24) is 5.32 Å². The van der Waals surface area contributed by atoms with Gasteiger partial charge < -0.3 is 10.1 Å². The van der Waals surface area contributed by atoms with E-state index in [0.717, 1.165) is 18.7 Å². The molecule has 1 atom stereocenters. The zero-order valence-corrected chi connectivity index (χ0v) is 12.6. The van der Waals surface area contributed by atoms with Crippen LogP contribution >= 0.6 is 0 Å². The first-order chi connectivity index (χ1) is 9.49. The highest BCUT2D eigenvalue weighted by Gasteiger charge is 2.38. The second-order valence-electron chi connectivity index (χ2n) is 6.01. The van der Waals surface area contributed by atoms with Gasteiger partial charge in [-0.15, -0.1) is 0 Å². The van der Waals surface area contributed by atoms with Crippen molar-refractivity contribution in [3.05, 3.63) is 29.8 Å². The Bertz CT molecular complexity index is 564. The van der Waals surface area contributed by atoms with Gasteiger partial charge in [-0.2, -0.15) is 0 Å². The maximum atomic E-state index is 11.4. The van der Waals surface area contributed by atoms with Crippen molar-refractivity contribution >= 4 is 9.84 Å². The molecule has 1 saturated carbocycles. The minimum absolute atomic E-state index is 0.0230. The average Bonchev–Trinajstić information content (AvgIpc) is 2.87. The molecule has 2 fully saturated rings. The van der Waals surface area contributed by atoms with Gasteiger partial charge in [0, 0.05) is 18.3 Å². The van der Waals surface area contributed by atoms with Crippen LogP contribution in [-0.4, -0.2) is 33.4 Å². The van der Waals surface area contributed by atoms with E-state index in [1.165, 1.54) is 31.9 Å². The van der Waals surface area contributed by atoms with Crippen molar-refractivity contribution in [2.45, 2.75) is 42.2 Å². The van der Waals surface area contributed by atoms with E-state index in [1.807, 2.05) is 12.1 Å². The number of hydrogen-bond donors (Lipinski definition) is 1. The molecule has 5 heteroatoms. The summed E-state index contributed by atoms with van der Waals surface area (Å²) in [5.74, 6) is 0. The summed E-state index contributed by atoms with van der Waals surface area (Å²) < 4.78 is 28.9. The van der Waals surface area contributed by atoms with Crippen LogP contribution in [0.25, 0.3) is 0 Å². The SMILES string of the molecule is CS(=O)(=O)c1ccc(C2CNC3(CCCC3)CO2)cc1. The summed E-state index contributed by atoms with van der Waals surface area (Å²) >= 11 is 0. The zero-order valence-electron chi connectivity index (χ0n) is 11.8. The first-order valence-corrected chi connectivity index (χ1v) is 9.04. The van der Waals surface area contributed by atoms with E-state index in [9.17, 15) is 8.42 Å². The lowest BCUT2D eigenvalue weighted by Crippen LogP contribution is -2.53. The van der Waals surface area contributed by atoms with Crippen LogP contribution in [-0.2, 0) is 14.6 Å². The Balaban J connectivity index is 1.69. The molecule has 2 aliphatic rings. The van der Waals surface area contributed by atoms with E-state index >= 15 is 0 Å². The monoisotopic (exact) mass is 295 g/mol. The Kier molecular flexibility index (Phi) is 3.60. The second kappa shape index (κ2) is 5.13. The molecule has 20 heavy (non-hydrogen) atoms.